The molecular weight excluding hydrogens is 302 g/mol. The molecule has 1 N–H and O–H groups in total. The van der Waals surface area contributed by atoms with Crippen LogP contribution in [0.1, 0.15) is 12.5 Å². The molecule has 126 valence electrons. The Morgan fingerprint density at radius 3 is 2.04 bits per heavy atom. The summed E-state index contributed by atoms with van der Waals surface area (Å²) < 4.78 is 20.2. The molecule has 1 aromatic rings. The van der Waals surface area contributed by atoms with E-state index in [0.717, 1.165) is 0 Å². The minimum atomic E-state index is -0.725. The summed E-state index contributed by atoms with van der Waals surface area (Å²) in [6.07, 6.45) is 2.88. The Labute approximate surface area is 135 Å². The van der Waals surface area contributed by atoms with Gasteiger partial charge in [0.05, 0.1) is 28.4 Å². The second kappa shape index (κ2) is 8.67. The SMILES string of the molecule is COC(=O)[C@@H](C)NC(=O)/C=C/c1cc(OC)c(OC)c(OC)c1. The maximum Gasteiger partial charge on any atom is 0.328 e. The zero-order chi connectivity index (χ0) is 17.4. The Balaban J connectivity index is 2.91. The van der Waals surface area contributed by atoms with Crippen molar-refractivity contribution in [2.24, 2.45) is 0 Å². The van der Waals surface area contributed by atoms with Gasteiger partial charge in [0.15, 0.2) is 11.5 Å². The number of ether oxygens (including phenoxy) is 4. The zero-order valence-electron chi connectivity index (χ0n) is 13.8. The van der Waals surface area contributed by atoms with E-state index in [9.17, 15) is 9.59 Å². The van der Waals surface area contributed by atoms with Crippen LogP contribution in [0.5, 0.6) is 17.2 Å². The number of methoxy groups -OCH3 is 4. The van der Waals surface area contributed by atoms with Gasteiger partial charge in [0.2, 0.25) is 11.7 Å². The average molecular weight is 323 g/mol. The second-order valence-corrected chi connectivity index (χ2v) is 4.55. The molecule has 1 atom stereocenters. The molecule has 7 nitrogen and oxygen atoms in total. The minimum Gasteiger partial charge on any atom is -0.493 e. The van der Waals surface area contributed by atoms with Crippen molar-refractivity contribution in [1.82, 2.24) is 5.32 Å². The van der Waals surface area contributed by atoms with Crippen LogP contribution in [0.4, 0.5) is 0 Å². The number of esters is 1. The monoisotopic (exact) mass is 323 g/mol. The highest BCUT2D eigenvalue weighted by atomic mass is 16.5. The third kappa shape index (κ3) is 4.91. The first-order valence-corrected chi connectivity index (χ1v) is 6.83. The molecule has 0 unspecified atom stereocenters. The zero-order valence-corrected chi connectivity index (χ0v) is 13.8. The molecule has 0 bridgehead atoms. The Kier molecular flexibility index (Phi) is 6.92. The molecule has 7 heteroatoms. The van der Waals surface area contributed by atoms with Crippen molar-refractivity contribution in [2.45, 2.75) is 13.0 Å². The van der Waals surface area contributed by atoms with Crippen LogP contribution in [0.2, 0.25) is 0 Å². The maximum absolute atomic E-state index is 11.8. The summed E-state index contributed by atoms with van der Waals surface area (Å²) in [7, 11) is 5.79. The van der Waals surface area contributed by atoms with Gasteiger partial charge in [-0.15, -0.1) is 0 Å². The van der Waals surface area contributed by atoms with E-state index in [-0.39, 0.29) is 0 Å². The molecule has 1 aromatic carbocycles. The van der Waals surface area contributed by atoms with E-state index < -0.39 is 17.9 Å². The molecule has 1 rings (SSSR count). The van der Waals surface area contributed by atoms with Gasteiger partial charge < -0.3 is 24.3 Å². The van der Waals surface area contributed by atoms with E-state index in [0.29, 0.717) is 22.8 Å². The Bertz CT molecular complexity index is 571. The Morgan fingerprint density at radius 2 is 1.61 bits per heavy atom. The molecule has 0 aliphatic rings. The molecule has 0 heterocycles. The molecule has 0 radical (unpaired) electrons. The van der Waals surface area contributed by atoms with Crippen LogP contribution in [0, 0.1) is 0 Å². The number of rotatable bonds is 7. The minimum absolute atomic E-state index is 0.420. The molecule has 0 fully saturated rings. The number of carbonyl (C=O) groups is 2. The molecule has 0 spiro atoms. The van der Waals surface area contributed by atoms with Crippen LogP contribution in [0.3, 0.4) is 0 Å². The van der Waals surface area contributed by atoms with Gasteiger partial charge in [0.25, 0.3) is 0 Å². The highest BCUT2D eigenvalue weighted by molar-refractivity contribution is 5.94. The number of amides is 1. The third-order valence-electron chi connectivity index (χ3n) is 3.03. The van der Waals surface area contributed by atoms with Gasteiger partial charge in [-0.3, -0.25) is 4.79 Å². The number of nitrogens with one attached hydrogen (secondary N) is 1. The lowest BCUT2D eigenvalue weighted by Gasteiger charge is -2.13. The first kappa shape index (κ1) is 18.3. The highest BCUT2D eigenvalue weighted by Crippen LogP contribution is 2.38. The Morgan fingerprint density at radius 1 is 1.04 bits per heavy atom. The Hall–Kier alpha value is -2.70. The second-order valence-electron chi connectivity index (χ2n) is 4.55. The van der Waals surface area contributed by atoms with Gasteiger partial charge in [-0.2, -0.15) is 0 Å². The molecule has 23 heavy (non-hydrogen) atoms. The normalized spacial score (nSPS) is 11.7. The van der Waals surface area contributed by atoms with E-state index in [4.69, 9.17) is 14.2 Å². The summed E-state index contributed by atoms with van der Waals surface area (Å²) in [6.45, 7) is 1.54. The van der Waals surface area contributed by atoms with E-state index in [2.05, 4.69) is 10.1 Å². The van der Waals surface area contributed by atoms with Crippen molar-refractivity contribution in [2.75, 3.05) is 28.4 Å². The van der Waals surface area contributed by atoms with Gasteiger partial charge in [0.1, 0.15) is 6.04 Å². The quantitative estimate of drug-likeness (QED) is 0.603. The van der Waals surface area contributed by atoms with Crippen molar-refractivity contribution in [3.8, 4) is 17.2 Å². The lowest BCUT2D eigenvalue weighted by molar-refractivity contribution is -0.144. The molecular formula is C16H21NO6. The first-order chi connectivity index (χ1) is 11.0. The van der Waals surface area contributed by atoms with Crippen molar-refractivity contribution in [3.05, 3.63) is 23.8 Å². The smallest absolute Gasteiger partial charge is 0.328 e. The largest absolute Gasteiger partial charge is 0.493 e. The van der Waals surface area contributed by atoms with Crippen molar-refractivity contribution >= 4 is 18.0 Å². The third-order valence-corrected chi connectivity index (χ3v) is 3.03. The van der Waals surface area contributed by atoms with Gasteiger partial charge in [-0.1, -0.05) is 0 Å². The van der Waals surface area contributed by atoms with Gasteiger partial charge >= 0.3 is 5.97 Å². The summed E-state index contributed by atoms with van der Waals surface area (Å²) in [5.74, 6) is 0.497. The molecule has 0 aromatic heterocycles. The number of benzene rings is 1. The summed E-state index contributed by atoms with van der Waals surface area (Å²) in [4.78, 5) is 23.0. The molecule has 0 saturated carbocycles. The van der Waals surface area contributed by atoms with Crippen LogP contribution in [-0.4, -0.2) is 46.4 Å². The molecule has 1 amide bonds. The predicted molar refractivity (Wildman–Crippen MR) is 84.8 cm³/mol. The van der Waals surface area contributed by atoms with Gasteiger partial charge in [-0.25, -0.2) is 4.79 Å². The molecule has 0 aliphatic heterocycles. The summed E-state index contributed by atoms with van der Waals surface area (Å²) >= 11 is 0. The molecule has 0 saturated heterocycles. The summed E-state index contributed by atoms with van der Waals surface area (Å²) in [6, 6.07) is 2.68. The van der Waals surface area contributed by atoms with Crippen molar-refractivity contribution < 1.29 is 28.5 Å². The van der Waals surface area contributed by atoms with E-state index >= 15 is 0 Å². The number of hydrogen-bond donors (Lipinski definition) is 1. The van der Waals surface area contributed by atoms with E-state index in [1.165, 1.54) is 41.4 Å². The fourth-order valence-corrected chi connectivity index (χ4v) is 1.87. The predicted octanol–water partition coefficient (Wildman–Crippen LogP) is 1.40. The first-order valence-electron chi connectivity index (χ1n) is 6.83. The van der Waals surface area contributed by atoms with E-state index in [1.54, 1.807) is 18.2 Å². The van der Waals surface area contributed by atoms with Gasteiger partial charge in [0, 0.05) is 6.08 Å². The average Bonchev–Trinajstić information content (AvgIpc) is 2.57. The van der Waals surface area contributed by atoms with Crippen LogP contribution >= 0.6 is 0 Å². The van der Waals surface area contributed by atoms with Crippen molar-refractivity contribution in [3.63, 3.8) is 0 Å². The van der Waals surface area contributed by atoms with Crippen molar-refractivity contribution in [1.29, 1.82) is 0 Å². The highest BCUT2D eigenvalue weighted by Gasteiger charge is 2.15. The number of hydrogen-bond acceptors (Lipinski definition) is 6. The summed E-state index contributed by atoms with van der Waals surface area (Å²) in [5.41, 5.74) is 0.681. The maximum atomic E-state index is 11.8. The fraction of sp³-hybridized carbons (Fsp3) is 0.375. The summed E-state index contributed by atoms with van der Waals surface area (Å²) in [5, 5.41) is 2.49. The van der Waals surface area contributed by atoms with Crippen LogP contribution < -0.4 is 19.5 Å². The van der Waals surface area contributed by atoms with Crippen LogP contribution in [0.25, 0.3) is 6.08 Å². The standard InChI is InChI=1S/C16H21NO6/c1-10(16(19)23-5)17-14(18)7-6-11-8-12(20-2)15(22-4)13(9-11)21-3/h6-10H,1-5H3,(H,17,18)/b7-6+/t10-/m1/s1. The fourth-order valence-electron chi connectivity index (χ4n) is 1.87. The van der Waals surface area contributed by atoms with Crippen LogP contribution in [-0.2, 0) is 14.3 Å². The number of carbonyl (C=O) groups excluding carboxylic acids is 2. The molecule has 0 aliphatic carbocycles. The lowest BCUT2D eigenvalue weighted by Crippen LogP contribution is -2.38. The van der Waals surface area contributed by atoms with Crippen LogP contribution in [0.15, 0.2) is 18.2 Å². The van der Waals surface area contributed by atoms with E-state index in [1.807, 2.05) is 0 Å². The topological polar surface area (TPSA) is 83.1 Å². The van der Waals surface area contributed by atoms with Gasteiger partial charge in [-0.05, 0) is 30.7 Å². The lowest BCUT2D eigenvalue weighted by atomic mass is 10.1.